The lowest BCUT2D eigenvalue weighted by Gasteiger charge is -2.09. The van der Waals surface area contributed by atoms with Crippen LogP contribution in [-0.4, -0.2) is 12.7 Å². The smallest absolute Gasteiger partial charge is 0.376 e. The van der Waals surface area contributed by atoms with Gasteiger partial charge in [-0.05, 0) is 17.7 Å². The molecule has 5 heteroatoms. The fraction of sp³-hybridized carbons (Fsp3) is 0.300. The van der Waals surface area contributed by atoms with E-state index in [0.29, 0.717) is 5.69 Å². The van der Waals surface area contributed by atoms with Crippen molar-refractivity contribution < 1.29 is 13.2 Å². The summed E-state index contributed by atoms with van der Waals surface area (Å²) in [5.74, 6) is 0. The Bertz CT molecular complexity index is 348. The molecule has 1 aromatic rings. The third kappa shape index (κ3) is 4.36. The lowest BCUT2D eigenvalue weighted by Crippen LogP contribution is -2.21. The molecule has 1 N–H and O–H groups in total. The monoisotopic (exact) mass is 214 g/mol. The third-order valence-corrected chi connectivity index (χ3v) is 1.73. The average Bonchev–Trinajstić information content (AvgIpc) is 2.16. The highest BCUT2D eigenvalue weighted by Gasteiger charge is 2.26. The van der Waals surface area contributed by atoms with Crippen molar-refractivity contribution in [3.05, 3.63) is 29.8 Å². The van der Waals surface area contributed by atoms with Crippen LogP contribution in [0.1, 0.15) is 5.56 Å². The number of hydrogen-bond acceptors (Lipinski definition) is 2. The van der Waals surface area contributed by atoms with Crippen LogP contribution in [-0.2, 0) is 6.42 Å². The molecule has 0 heterocycles. The van der Waals surface area contributed by atoms with Crippen molar-refractivity contribution in [3.8, 4) is 6.07 Å². The number of alkyl halides is 3. The quantitative estimate of drug-likeness (QED) is 0.839. The predicted molar refractivity (Wildman–Crippen MR) is 50.3 cm³/mol. The number of nitriles is 1. The molecule has 15 heavy (non-hydrogen) atoms. The molecule has 0 aromatic heterocycles. The van der Waals surface area contributed by atoms with Gasteiger partial charge in [0, 0.05) is 5.69 Å². The van der Waals surface area contributed by atoms with Crippen LogP contribution in [0.25, 0.3) is 0 Å². The van der Waals surface area contributed by atoms with Crippen LogP contribution in [0.2, 0.25) is 0 Å². The average molecular weight is 214 g/mol. The summed E-state index contributed by atoms with van der Waals surface area (Å²) in [7, 11) is 0. The highest BCUT2D eigenvalue weighted by atomic mass is 19.4. The van der Waals surface area contributed by atoms with E-state index in [2.05, 4.69) is 5.32 Å². The summed E-state index contributed by atoms with van der Waals surface area (Å²) < 4.78 is 35.5. The summed E-state index contributed by atoms with van der Waals surface area (Å²) in [6, 6.07) is 8.27. The number of nitrogens with one attached hydrogen (secondary N) is 1. The number of benzene rings is 1. The maximum absolute atomic E-state index is 11.8. The van der Waals surface area contributed by atoms with Crippen molar-refractivity contribution in [2.75, 3.05) is 11.9 Å². The van der Waals surface area contributed by atoms with Gasteiger partial charge < -0.3 is 5.32 Å². The van der Waals surface area contributed by atoms with E-state index in [9.17, 15) is 13.2 Å². The molecule has 0 unspecified atom stereocenters. The standard InChI is InChI=1S/C10H9F3N2/c11-10(12,13)7-15-9-3-1-8(2-4-9)5-6-14/h1-4,15H,5,7H2. The van der Waals surface area contributed by atoms with Crippen molar-refractivity contribution in [1.82, 2.24) is 0 Å². The minimum atomic E-state index is -4.22. The van der Waals surface area contributed by atoms with Crippen molar-refractivity contribution >= 4 is 5.69 Å². The number of rotatable bonds is 3. The van der Waals surface area contributed by atoms with E-state index in [4.69, 9.17) is 5.26 Å². The SMILES string of the molecule is N#CCc1ccc(NCC(F)(F)F)cc1. The number of nitrogens with zero attached hydrogens (tertiary/aromatic N) is 1. The lowest BCUT2D eigenvalue weighted by atomic mass is 10.1. The Balaban J connectivity index is 2.54. The van der Waals surface area contributed by atoms with E-state index < -0.39 is 12.7 Å². The molecule has 0 amide bonds. The van der Waals surface area contributed by atoms with Gasteiger partial charge in [-0.2, -0.15) is 18.4 Å². The van der Waals surface area contributed by atoms with Gasteiger partial charge in [0.15, 0.2) is 0 Å². The molecule has 0 atom stereocenters. The van der Waals surface area contributed by atoms with Crippen molar-refractivity contribution in [3.63, 3.8) is 0 Å². The molecule has 1 aromatic carbocycles. The summed E-state index contributed by atoms with van der Waals surface area (Å²) in [5, 5.41) is 10.6. The molecule has 0 aliphatic carbocycles. The first-order chi connectivity index (χ1) is 7.01. The Morgan fingerprint density at radius 2 is 1.80 bits per heavy atom. The second kappa shape index (κ2) is 4.69. The van der Waals surface area contributed by atoms with Gasteiger partial charge in [-0.3, -0.25) is 0 Å². The van der Waals surface area contributed by atoms with Crippen molar-refractivity contribution in [1.29, 1.82) is 5.26 Å². The summed E-state index contributed by atoms with van der Waals surface area (Å²) in [6.45, 7) is -1.05. The summed E-state index contributed by atoms with van der Waals surface area (Å²) in [4.78, 5) is 0. The van der Waals surface area contributed by atoms with Crippen LogP contribution >= 0.6 is 0 Å². The number of hydrogen-bond donors (Lipinski definition) is 1. The summed E-state index contributed by atoms with van der Waals surface area (Å²) >= 11 is 0. The molecule has 0 aliphatic heterocycles. The zero-order chi connectivity index (χ0) is 11.3. The number of halogens is 3. The molecule has 80 valence electrons. The highest BCUT2D eigenvalue weighted by Crippen LogP contribution is 2.16. The van der Waals surface area contributed by atoms with Gasteiger partial charge in [-0.1, -0.05) is 12.1 Å². The minimum absolute atomic E-state index is 0.263. The Hall–Kier alpha value is -1.70. The van der Waals surface area contributed by atoms with Crippen LogP contribution in [0.15, 0.2) is 24.3 Å². The number of anilines is 1. The van der Waals surface area contributed by atoms with Gasteiger partial charge in [0.05, 0.1) is 12.5 Å². The topological polar surface area (TPSA) is 35.8 Å². The predicted octanol–water partition coefficient (Wildman–Crippen LogP) is 2.73. The lowest BCUT2D eigenvalue weighted by molar-refractivity contribution is -0.115. The molecule has 0 radical (unpaired) electrons. The molecule has 0 bridgehead atoms. The van der Waals surface area contributed by atoms with Crippen LogP contribution in [0.3, 0.4) is 0 Å². The maximum Gasteiger partial charge on any atom is 0.405 e. The molecule has 2 nitrogen and oxygen atoms in total. The maximum atomic E-state index is 11.8. The molecule has 0 saturated carbocycles. The van der Waals surface area contributed by atoms with Gasteiger partial charge in [0.1, 0.15) is 6.54 Å². The van der Waals surface area contributed by atoms with Crippen LogP contribution in [0, 0.1) is 11.3 Å². The first-order valence-electron chi connectivity index (χ1n) is 4.28. The second-order valence-electron chi connectivity index (χ2n) is 3.00. The zero-order valence-electron chi connectivity index (χ0n) is 7.80. The molecular formula is C10H9F3N2. The Morgan fingerprint density at radius 3 is 2.27 bits per heavy atom. The summed E-state index contributed by atoms with van der Waals surface area (Å²) in [5.41, 5.74) is 1.18. The van der Waals surface area contributed by atoms with Crippen LogP contribution in [0.5, 0.6) is 0 Å². The van der Waals surface area contributed by atoms with Crippen molar-refractivity contribution in [2.45, 2.75) is 12.6 Å². The summed E-state index contributed by atoms with van der Waals surface area (Å²) in [6.07, 6.45) is -3.95. The van der Waals surface area contributed by atoms with Gasteiger partial charge in [-0.15, -0.1) is 0 Å². The van der Waals surface area contributed by atoms with Crippen molar-refractivity contribution in [2.24, 2.45) is 0 Å². The van der Waals surface area contributed by atoms with E-state index in [0.717, 1.165) is 5.56 Å². The van der Waals surface area contributed by atoms with E-state index in [1.165, 1.54) is 12.1 Å². The van der Waals surface area contributed by atoms with E-state index in [1.54, 1.807) is 12.1 Å². The van der Waals surface area contributed by atoms with Gasteiger partial charge in [-0.25, -0.2) is 0 Å². The normalized spacial score (nSPS) is 10.8. The Labute approximate surface area is 85.3 Å². The Morgan fingerprint density at radius 1 is 1.20 bits per heavy atom. The van der Waals surface area contributed by atoms with Gasteiger partial charge in [0.25, 0.3) is 0 Å². The zero-order valence-corrected chi connectivity index (χ0v) is 7.80. The highest BCUT2D eigenvalue weighted by molar-refractivity contribution is 5.45. The van der Waals surface area contributed by atoms with Crippen LogP contribution in [0.4, 0.5) is 18.9 Å². The largest absolute Gasteiger partial charge is 0.405 e. The minimum Gasteiger partial charge on any atom is -0.376 e. The van der Waals surface area contributed by atoms with E-state index in [-0.39, 0.29) is 6.42 Å². The molecule has 0 aliphatic rings. The van der Waals surface area contributed by atoms with Crippen LogP contribution < -0.4 is 5.32 Å². The Kier molecular flexibility index (Phi) is 3.56. The van der Waals surface area contributed by atoms with E-state index in [1.807, 2.05) is 6.07 Å². The van der Waals surface area contributed by atoms with E-state index >= 15 is 0 Å². The molecule has 0 saturated heterocycles. The van der Waals surface area contributed by atoms with Gasteiger partial charge >= 0.3 is 6.18 Å². The first kappa shape index (κ1) is 11.4. The molecule has 0 fully saturated rings. The fourth-order valence-electron chi connectivity index (χ4n) is 1.03. The molecule has 1 rings (SSSR count). The molecule has 0 spiro atoms. The fourth-order valence-corrected chi connectivity index (χ4v) is 1.03. The molecular weight excluding hydrogens is 205 g/mol. The van der Waals surface area contributed by atoms with Gasteiger partial charge in [0.2, 0.25) is 0 Å². The first-order valence-corrected chi connectivity index (χ1v) is 4.28. The third-order valence-electron chi connectivity index (χ3n) is 1.73. The second-order valence-corrected chi connectivity index (χ2v) is 3.00.